The topological polar surface area (TPSA) is 82.5 Å². The van der Waals surface area contributed by atoms with Crippen molar-refractivity contribution < 1.29 is 15.0 Å². The summed E-state index contributed by atoms with van der Waals surface area (Å²) < 4.78 is 0. The van der Waals surface area contributed by atoms with Crippen molar-refractivity contribution in [3.8, 4) is 17.0 Å². The van der Waals surface area contributed by atoms with Crippen LogP contribution in [0.15, 0.2) is 78.2 Å². The third-order valence-electron chi connectivity index (χ3n) is 4.48. The van der Waals surface area contributed by atoms with Crippen LogP contribution < -0.4 is 5.32 Å². The lowest BCUT2D eigenvalue weighted by Gasteiger charge is -2.06. The lowest BCUT2D eigenvalue weighted by Crippen LogP contribution is -1.97. The number of benzene rings is 3. The van der Waals surface area contributed by atoms with Crippen molar-refractivity contribution in [2.24, 2.45) is 0 Å². The molecule has 4 aromatic rings. The molecule has 0 aliphatic rings. The maximum atomic E-state index is 11.2. The molecule has 0 amide bonds. The summed E-state index contributed by atoms with van der Waals surface area (Å²) >= 11 is 1.43. The zero-order chi connectivity index (χ0) is 20.2. The van der Waals surface area contributed by atoms with Crippen LogP contribution in [0.4, 0.5) is 10.8 Å². The van der Waals surface area contributed by atoms with E-state index >= 15 is 0 Å². The summed E-state index contributed by atoms with van der Waals surface area (Å²) in [5.41, 5.74) is 4.58. The summed E-state index contributed by atoms with van der Waals surface area (Å²) in [5.74, 6) is -1.43. The van der Waals surface area contributed by atoms with E-state index in [0.717, 1.165) is 12.1 Å². The molecule has 3 aromatic carbocycles. The standard InChI is InChI=1S/C23H18N2O3S/c26-21-11-8-17(13-19(21)22(27)28)20-14-29-23(25-20)24-18-9-6-16(7-10-18)12-15-4-2-1-3-5-15/h1-11,13-14,26H,12H2,(H,24,25)(H,27,28). The molecule has 0 radical (unpaired) electrons. The molecule has 29 heavy (non-hydrogen) atoms. The molecule has 0 saturated heterocycles. The van der Waals surface area contributed by atoms with Crippen LogP contribution in [0.2, 0.25) is 0 Å². The number of phenols is 1. The van der Waals surface area contributed by atoms with Crippen LogP contribution in [-0.4, -0.2) is 21.2 Å². The van der Waals surface area contributed by atoms with Gasteiger partial charge >= 0.3 is 5.97 Å². The molecule has 0 saturated carbocycles. The van der Waals surface area contributed by atoms with E-state index in [1.807, 2.05) is 35.7 Å². The smallest absolute Gasteiger partial charge is 0.339 e. The van der Waals surface area contributed by atoms with Crippen LogP contribution in [0.3, 0.4) is 0 Å². The number of nitrogens with one attached hydrogen (secondary N) is 1. The quantitative estimate of drug-likeness (QED) is 0.394. The minimum atomic E-state index is -1.17. The molecular weight excluding hydrogens is 384 g/mol. The second-order valence-corrected chi connectivity index (χ2v) is 7.42. The molecule has 5 nitrogen and oxygen atoms in total. The molecule has 0 unspecified atom stereocenters. The van der Waals surface area contributed by atoms with Gasteiger partial charge in [-0.05, 0) is 47.9 Å². The molecule has 0 aliphatic carbocycles. The number of rotatable bonds is 6. The maximum Gasteiger partial charge on any atom is 0.339 e. The third kappa shape index (κ3) is 4.44. The summed E-state index contributed by atoms with van der Waals surface area (Å²) in [4.78, 5) is 15.7. The Morgan fingerprint density at radius 3 is 2.41 bits per heavy atom. The molecular formula is C23H18N2O3S. The average Bonchev–Trinajstić information content (AvgIpc) is 3.19. The molecule has 0 atom stereocenters. The lowest BCUT2D eigenvalue weighted by molar-refractivity contribution is 0.0694. The number of carboxylic acid groups (broad SMARTS) is 1. The number of carboxylic acids is 1. The number of aromatic carboxylic acids is 1. The van der Waals surface area contributed by atoms with E-state index in [-0.39, 0.29) is 11.3 Å². The normalized spacial score (nSPS) is 10.6. The second kappa shape index (κ2) is 8.16. The first-order valence-electron chi connectivity index (χ1n) is 9.00. The Morgan fingerprint density at radius 1 is 0.966 bits per heavy atom. The summed E-state index contributed by atoms with van der Waals surface area (Å²) in [6.45, 7) is 0. The highest BCUT2D eigenvalue weighted by atomic mass is 32.1. The Morgan fingerprint density at radius 2 is 1.69 bits per heavy atom. The molecule has 3 N–H and O–H groups in total. The first-order chi connectivity index (χ1) is 14.1. The van der Waals surface area contributed by atoms with E-state index in [1.54, 1.807) is 6.07 Å². The van der Waals surface area contributed by atoms with E-state index in [4.69, 9.17) is 5.11 Å². The van der Waals surface area contributed by atoms with Gasteiger partial charge < -0.3 is 15.5 Å². The van der Waals surface area contributed by atoms with Gasteiger partial charge in [0.1, 0.15) is 11.3 Å². The van der Waals surface area contributed by atoms with Crippen LogP contribution in [0, 0.1) is 0 Å². The number of anilines is 2. The second-order valence-electron chi connectivity index (χ2n) is 6.56. The Bertz CT molecular complexity index is 1140. The van der Waals surface area contributed by atoms with Gasteiger partial charge in [-0.3, -0.25) is 0 Å². The highest BCUT2D eigenvalue weighted by Crippen LogP contribution is 2.30. The highest BCUT2D eigenvalue weighted by Gasteiger charge is 2.13. The van der Waals surface area contributed by atoms with Gasteiger partial charge in [-0.2, -0.15) is 0 Å². The van der Waals surface area contributed by atoms with Gasteiger partial charge in [-0.15, -0.1) is 11.3 Å². The fourth-order valence-electron chi connectivity index (χ4n) is 2.99. The average molecular weight is 402 g/mol. The van der Waals surface area contributed by atoms with Gasteiger partial charge in [0.15, 0.2) is 5.13 Å². The molecule has 0 spiro atoms. The zero-order valence-corrected chi connectivity index (χ0v) is 16.2. The summed E-state index contributed by atoms with van der Waals surface area (Å²) in [6.07, 6.45) is 0.884. The van der Waals surface area contributed by atoms with E-state index in [2.05, 4.69) is 34.6 Å². The van der Waals surface area contributed by atoms with Crippen molar-refractivity contribution in [2.75, 3.05) is 5.32 Å². The maximum absolute atomic E-state index is 11.2. The minimum absolute atomic E-state index is 0.140. The Kier molecular flexibility index (Phi) is 5.27. The van der Waals surface area contributed by atoms with Gasteiger partial charge in [0.2, 0.25) is 0 Å². The van der Waals surface area contributed by atoms with Crippen molar-refractivity contribution in [2.45, 2.75) is 6.42 Å². The summed E-state index contributed by atoms with van der Waals surface area (Å²) in [7, 11) is 0. The molecule has 1 heterocycles. The van der Waals surface area contributed by atoms with Crippen LogP contribution >= 0.6 is 11.3 Å². The number of carbonyl (C=O) groups is 1. The number of hydrogen-bond donors (Lipinski definition) is 3. The van der Waals surface area contributed by atoms with Gasteiger partial charge in [-0.25, -0.2) is 9.78 Å². The molecule has 144 valence electrons. The van der Waals surface area contributed by atoms with Crippen molar-refractivity contribution in [1.29, 1.82) is 0 Å². The first-order valence-corrected chi connectivity index (χ1v) is 9.88. The van der Waals surface area contributed by atoms with Gasteiger partial charge in [0, 0.05) is 16.6 Å². The zero-order valence-electron chi connectivity index (χ0n) is 15.4. The molecule has 4 rings (SSSR count). The van der Waals surface area contributed by atoms with E-state index < -0.39 is 5.97 Å². The largest absolute Gasteiger partial charge is 0.507 e. The van der Waals surface area contributed by atoms with Crippen LogP contribution in [-0.2, 0) is 6.42 Å². The molecule has 0 aliphatic heterocycles. The van der Waals surface area contributed by atoms with Gasteiger partial charge in [0.05, 0.1) is 5.69 Å². The predicted octanol–water partition coefficient (Wildman–Crippen LogP) is 5.55. The number of aromatic nitrogens is 1. The Balaban J connectivity index is 1.47. The minimum Gasteiger partial charge on any atom is -0.507 e. The van der Waals surface area contributed by atoms with Crippen molar-refractivity contribution in [3.63, 3.8) is 0 Å². The van der Waals surface area contributed by atoms with Crippen LogP contribution in [0.5, 0.6) is 5.75 Å². The van der Waals surface area contributed by atoms with Gasteiger partial charge in [0.25, 0.3) is 0 Å². The molecule has 1 aromatic heterocycles. The van der Waals surface area contributed by atoms with Crippen molar-refractivity contribution in [3.05, 3.63) is 94.9 Å². The number of aromatic hydroxyl groups is 1. The highest BCUT2D eigenvalue weighted by molar-refractivity contribution is 7.14. The number of hydrogen-bond acceptors (Lipinski definition) is 5. The van der Waals surface area contributed by atoms with Crippen molar-refractivity contribution >= 4 is 28.1 Å². The summed E-state index contributed by atoms with van der Waals surface area (Å²) in [6, 6.07) is 23.0. The first kappa shape index (κ1) is 18.7. The van der Waals surface area contributed by atoms with E-state index in [9.17, 15) is 9.90 Å². The fourth-order valence-corrected chi connectivity index (χ4v) is 3.73. The molecule has 0 fully saturated rings. The Hall–Kier alpha value is -3.64. The van der Waals surface area contributed by atoms with Crippen LogP contribution in [0.1, 0.15) is 21.5 Å². The SMILES string of the molecule is O=C(O)c1cc(-c2csc(Nc3ccc(Cc4ccccc4)cc3)n2)ccc1O. The Labute approximate surface area is 171 Å². The predicted molar refractivity (Wildman–Crippen MR) is 115 cm³/mol. The summed E-state index contributed by atoms with van der Waals surface area (Å²) in [5, 5.41) is 24.7. The molecule has 0 bridgehead atoms. The monoisotopic (exact) mass is 402 g/mol. The number of thiazole rings is 1. The molecule has 6 heteroatoms. The van der Waals surface area contributed by atoms with Gasteiger partial charge in [-0.1, -0.05) is 42.5 Å². The third-order valence-corrected chi connectivity index (χ3v) is 5.24. The fraction of sp³-hybridized carbons (Fsp3) is 0.0435. The van der Waals surface area contributed by atoms with E-state index in [1.165, 1.54) is 34.6 Å². The van der Waals surface area contributed by atoms with Crippen molar-refractivity contribution in [1.82, 2.24) is 4.98 Å². The lowest BCUT2D eigenvalue weighted by atomic mass is 10.1. The van der Waals surface area contributed by atoms with Crippen LogP contribution in [0.25, 0.3) is 11.3 Å². The number of nitrogens with zero attached hydrogens (tertiary/aromatic N) is 1. The van der Waals surface area contributed by atoms with E-state index in [0.29, 0.717) is 16.4 Å².